The van der Waals surface area contributed by atoms with Crippen molar-refractivity contribution in [2.75, 3.05) is 6.61 Å². The van der Waals surface area contributed by atoms with Crippen LogP contribution in [0.25, 0.3) is 0 Å². The van der Waals surface area contributed by atoms with Crippen LogP contribution in [-0.2, 0) is 4.74 Å². The summed E-state index contributed by atoms with van der Waals surface area (Å²) in [5.41, 5.74) is 0.856. The summed E-state index contributed by atoms with van der Waals surface area (Å²) in [5.74, 6) is -1.65. The summed E-state index contributed by atoms with van der Waals surface area (Å²) in [6.45, 7) is 0.525. The fraction of sp³-hybridized carbons (Fsp3) is 0.250. The first-order valence-corrected chi connectivity index (χ1v) is 7.42. The van der Waals surface area contributed by atoms with Crippen LogP contribution >= 0.6 is 11.6 Å². The molecule has 0 spiro atoms. The number of hydrogen-bond donors (Lipinski definition) is 2. The maximum absolute atomic E-state index is 12.2. The summed E-state index contributed by atoms with van der Waals surface area (Å²) in [6, 6.07) is 8.22. The third kappa shape index (κ3) is 3.38. The minimum atomic E-state index is -1.14. The number of ether oxygens (including phenoxy) is 1. The molecule has 1 aromatic carbocycles. The van der Waals surface area contributed by atoms with E-state index in [1.807, 2.05) is 12.1 Å². The summed E-state index contributed by atoms with van der Waals surface area (Å²) in [6.07, 6.45) is 1.43. The molecule has 0 saturated carbocycles. The van der Waals surface area contributed by atoms with Gasteiger partial charge in [-0.15, -0.1) is 0 Å². The average molecular weight is 336 g/mol. The van der Waals surface area contributed by atoms with E-state index in [4.69, 9.17) is 25.9 Å². The van der Waals surface area contributed by atoms with Gasteiger partial charge < -0.3 is 19.6 Å². The maximum atomic E-state index is 12.2. The second kappa shape index (κ2) is 6.44. The van der Waals surface area contributed by atoms with Crippen molar-refractivity contribution in [3.63, 3.8) is 0 Å². The number of amides is 1. The highest BCUT2D eigenvalue weighted by atomic mass is 35.5. The molecule has 1 aromatic heterocycles. The molecule has 2 aromatic rings. The summed E-state index contributed by atoms with van der Waals surface area (Å²) < 4.78 is 10.7. The molecule has 2 unspecified atom stereocenters. The molecule has 6 nitrogen and oxygen atoms in total. The molecule has 120 valence electrons. The molecule has 2 N–H and O–H groups in total. The normalized spacial score (nSPS) is 20.4. The number of benzene rings is 1. The first-order chi connectivity index (χ1) is 11.0. The lowest BCUT2D eigenvalue weighted by Gasteiger charge is -2.19. The van der Waals surface area contributed by atoms with Crippen LogP contribution in [-0.4, -0.2) is 29.6 Å². The molecule has 1 amide bonds. The largest absolute Gasteiger partial charge is 0.478 e. The number of hydrogen-bond acceptors (Lipinski definition) is 4. The zero-order valence-corrected chi connectivity index (χ0v) is 12.7. The van der Waals surface area contributed by atoms with E-state index in [9.17, 15) is 9.59 Å². The van der Waals surface area contributed by atoms with Crippen molar-refractivity contribution >= 4 is 23.5 Å². The van der Waals surface area contributed by atoms with Crippen molar-refractivity contribution in [3.8, 4) is 0 Å². The molecule has 0 aliphatic carbocycles. The van der Waals surface area contributed by atoms with Crippen LogP contribution in [0.3, 0.4) is 0 Å². The van der Waals surface area contributed by atoms with E-state index in [-0.39, 0.29) is 23.5 Å². The molecule has 1 aliphatic heterocycles. The average Bonchev–Trinajstić information content (AvgIpc) is 3.17. The van der Waals surface area contributed by atoms with Gasteiger partial charge in [0, 0.05) is 17.7 Å². The van der Waals surface area contributed by atoms with Gasteiger partial charge in [0.05, 0.1) is 11.6 Å². The van der Waals surface area contributed by atoms with Crippen LogP contribution in [0.1, 0.15) is 39.0 Å². The van der Waals surface area contributed by atoms with E-state index < -0.39 is 11.9 Å². The molecule has 1 aliphatic rings. The minimum absolute atomic E-state index is 0.0378. The third-order valence-corrected chi connectivity index (χ3v) is 3.93. The predicted molar refractivity (Wildman–Crippen MR) is 81.7 cm³/mol. The van der Waals surface area contributed by atoms with Crippen molar-refractivity contribution in [2.45, 2.75) is 18.6 Å². The monoisotopic (exact) mass is 335 g/mol. The van der Waals surface area contributed by atoms with Gasteiger partial charge in [-0.25, -0.2) is 4.79 Å². The van der Waals surface area contributed by atoms with Gasteiger partial charge >= 0.3 is 5.97 Å². The second-order valence-electron chi connectivity index (χ2n) is 5.22. The first kappa shape index (κ1) is 15.6. The first-order valence-electron chi connectivity index (χ1n) is 7.04. The number of carbonyl (C=O) groups is 2. The number of carbonyl (C=O) groups excluding carboxylic acids is 1. The third-order valence-electron chi connectivity index (χ3n) is 3.68. The standard InChI is InChI=1S/C16H14ClNO5/c17-11-3-1-9(2-4-11)14-12(5-6-22-14)18-15(19)13-7-10(8-23-13)16(20)21/h1-4,7-8,12,14H,5-6H2,(H,18,19)(H,20,21). The fourth-order valence-electron chi connectivity index (χ4n) is 2.53. The Hall–Kier alpha value is -2.31. The molecule has 7 heteroatoms. The molecule has 0 radical (unpaired) electrons. The lowest BCUT2D eigenvalue weighted by Crippen LogP contribution is -2.36. The van der Waals surface area contributed by atoms with Crippen LogP contribution in [0.5, 0.6) is 0 Å². The van der Waals surface area contributed by atoms with Crippen molar-refractivity contribution in [1.82, 2.24) is 5.32 Å². The summed E-state index contributed by atoms with van der Waals surface area (Å²) >= 11 is 5.88. The lowest BCUT2D eigenvalue weighted by atomic mass is 10.0. The molecule has 1 fully saturated rings. The topological polar surface area (TPSA) is 88.8 Å². The molecule has 2 atom stereocenters. The Bertz CT molecular complexity index is 724. The summed E-state index contributed by atoms with van der Waals surface area (Å²) in [4.78, 5) is 23.0. The summed E-state index contributed by atoms with van der Waals surface area (Å²) in [7, 11) is 0. The molecule has 0 bridgehead atoms. The smallest absolute Gasteiger partial charge is 0.338 e. The zero-order chi connectivity index (χ0) is 16.4. The van der Waals surface area contributed by atoms with Crippen molar-refractivity contribution < 1.29 is 23.8 Å². The Morgan fingerprint density at radius 3 is 2.65 bits per heavy atom. The van der Waals surface area contributed by atoms with Crippen LogP contribution in [0.4, 0.5) is 0 Å². The zero-order valence-electron chi connectivity index (χ0n) is 12.0. The molecular weight excluding hydrogens is 322 g/mol. The molecule has 23 heavy (non-hydrogen) atoms. The number of furan rings is 1. The van der Waals surface area contributed by atoms with Crippen LogP contribution < -0.4 is 5.32 Å². The fourth-order valence-corrected chi connectivity index (χ4v) is 2.65. The van der Waals surface area contributed by atoms with E-state index in [2.05, 4.69) is 5.32 Å². The van der Waals surface area contributed by atoms with Crippen LogP contribution in [0.2, 0.25) is 5.02 Å². The number of aromatic carboxylic acids is 1. The van der Waals surface area contributed by atoms with Gasteiger partial charge in [0.15, 0.2) is 5.76 Å². The maximum Gasteiger partial charge on any atom is 0.338 e. The van der Waals surface area contributed by atoms with E-state index in [0.717, 1.165) is 11.8 Å². The highest BCUT2D eigenvalue weighted by Crippen LogP contribution is 2.30. The Labute approximate surface area is 137 Å². The van der Waals surface area contributed by atoms with E-state index in [0.29, 0.717) is 18.1 Å². The highest BCUT2D eigenvalue weighted by Gasteiger charge is 2.31. The molecule has 3 rings (SSSR count). The number of nitrogens with one attached hydrogen (secondary N) is 1. The highest BCUT2D eigenvalue weighted by molar-refractivity contribution is 6.30. The van der Waals surface area contributed by atoms with E-state index in [1.54, 1.807) is 12.1 Å². The Balaban J connectivity index is 1.71. The van der Waals surface area contributed by atoms with E-state index >= 15 is 0 Å². The molecule has 1 saturated heterocycles. The van der Waals surface area contributed by atoms with Crippen LogP contribution in [0, 0.1) is 0 Å². The Morgan fingerprint density at radius 1 is 1.26 bits per heavy atom. The van der Waals surface area contributed by atoms with Gasteiger partial charge in [0.25, 0.3) is 5.91 Å². The van der Waals surface area contributed by atoms with Gasteiger partial charge in [-0.3, -0.25) is 4.79 Å². The van der Waals surface area contributed by atoms with Gasteiger partial charge in [-0.1, -0.05) is 23.7 Å². The molecular formula is C16H14ClNO5. The lowest BCUT2D eigenvalue weighted by molar-refractivity contribution is 0.0695. The summed E-state index contributed by atoms with van der Waals surface area (Å²) in [5, 5.41) is 12.3. The van der Waals surface area contributed by atoms with E-state index in [1.165, 1.54) is 6.07 Å². The van der Waals surface area contributed by atoms with Crippen molar-refractivity contribution in [3.05, 3.63) is 58.5 Å². The quantitative estimate of drug-likeness (QED) is 0.896. The predicted octanol–water partition coefficient (Wildman–Crippen LogP) is 2.89. The van der Waals surface area contributed by atoms with Crippen molar-refractivity contribution in [1.29, 1.82) is 0 Å². The number of carboxylic acids is 1. The van der Waals surface area contributed by atoms with Gasteiger partial charge in [0.1, 0.15) is 12.4 Å². The number of rotatable bonds is 4. The Morgan fingerprint density at radius 2 is 2.00 bits per heavy atom. The van der Waals surface area contributed by atoms with Gasteiger partial charge in [0.2, 0.25) is 0 Å². The number of halogens is 1. The van der Waals surface area contributed by atoms with Crippen molar-refractivity contribution in [2.24, 2.45) is 0 Å². The Kier molecular flexibility index (Phi) is 4.36. The van der Waals surface area contributed by atoms with Gasteiger partial charge in [-0.05, 0) is 24.1 Å². The molecule has 2 heterocycles. The van der Waals surface area contributed by atoms with Gasteiger partial charge in [-0.2, -0.15) is 0 Å². The SMILES string of the molecule is O=C(O)c1coc(C(=O)NC2CCOC2c2ccc(Cl)cc2)c1. The number of carboxylic acid groups (broad SMARTS) is 1. The van der Waals surface area contributed by atoms with Crippen LogP contribution in [0.15, 0.2) is 41.0 Å². The minimum Gasteiger partial charge on any atom is -0.478 e. The second-order valence-corrected chi connectivity index (χ2v) is 5.65.